The number of ether oxygens (including phenoxy) is 2. The number of carbonyl (C=O) groups is 3. The van der Waals surface area contributed by atoms with Crippen LogP contribution in [0.3, 0.4) is 0 Å². The normalized spacial score (nSPS) is 26.7. The van der Waals surface area contributed by atoms with Crippen LogP contribution in [0.15, 0.2) is 66.7 Å². The molecule has 3 amide bonds. The average Bonchev–Trinajstić information content (AvgIpc) is 3.57. The molecule has 2 saturated heterocycles. The molecule has 4 heterocycles. The van der Waals surface area contributed by atoms with Crippen LogP contribution in [0.2, 0.25) is 18.6 Å². The summed E-state index contributed by atoms with van der Waals surface area (Å²) in [7, 11) is -0.814. The van der Waals surface area contributed by atoms with Crippen LogP contribution in [0.5, 0.6) is 5.75 Å². The molecule has 4 aliphatic heterocycles. The fourth-order valence-electron chi connectivity index (χ4n) is 9.25. The largest absolute Gasteiger partial charge is 0.497 e. The van der Waals surface area contributed by atoms with E-state index >= 15 is 0 Å². The predicted octanol–water partition coefficient (Wildman–Crippen LogP) is 5.50. The van der Waals surface area contributed by atoms with Gasteiger partial charge in [-0.3, -0.25) is 14.4 Å². The van der Waals surface area contributed by atoms with Crippen LogP contribution >= 0.6 is 0 Å². The van der Waals surface area contributed by atoms with Crippen molar-refractivity contribution in [3.05, 3.63) is 83.4 Å². The van der Waals surface area contributed by atoms with Gasteiger partial charge in [0.15, 0.2) is 5.60 Å². The topological polar surface area (TPSA) is 108 Å². The number of hydrogen-bond acceptors (Lipinski definition) is 6. The first kappa shape index (κ1) is 34.5. The van der Waals surface area contributed by atoms with Crippen molar-refractivity contribution in [3.63, 3.8) is 0 Å². The number of fused-ring (bicyclic) bond motifs is 3. The predicted molar refractivity (Wildman–Crippen MR) is 196 cm³/mol. The molecular formula is C40H49N3O6Si. The van der Waals surface area contributed by atoms with Gasteiger partial charge in [-0.2, -0.15) is 0 Å². The minimum atomic E-state index is -2.47. The highest BCUT2D eigenvalue weighted by atomic mass is 28.3. The summed E-state index contributed by atoms with van der Waals surface area (Å²) in [4.78, 5) is 45.7. The molecule has 0 saturated carbocycles. The van der Waals surface area contributed by atoms with Crippen molar-refractivity contribution in [1.29, 1.82) is 0 Å². The zero-order chi connectivity index (χ0) is 35.2. The van der Waals surface area contributed by atoms with Crippen LogP contribution in [0, 0.1) is 5.92 Å². The lowest BCUT2D eigenvalue weighted by Crippen LogP contribution is -2.52. The monoisotopic (exact) mass is 695 g/mol. The maximum atomic E-state index is 14.4. The van der Waals surface area contributed by atoms with E-state index in [4.69, 9.17) is 9.47 Å². The van der Waals surface area contributed by atoms with Crippen molar-refractivity contribution in [2.24, 2.45) is 5.92 Å². The SMILES string of the molecule is COc1ccc([Si](C)(C)[C@@H]2[C@@H](CC(=O)N3Cc4ccccc4C[C@H]3CO)O[C@]3(C(=O)Nc4ccc(N5CCCCCCC5=O)cc43)[C@H]2C)cc1. The maximum absolute atomic E-state index is 14.4. The van der Waals surface area contributed by atoms with E-state index in [9.17, 15) is 19.5 Å². The molecule has 10 heteroatoms. The summed E-state index contributed by atoms with van der Waals surface area (Å²) in [6.45, 7) is 7.64. The van der Waals surface area contributed by atoms with Crippen LogP contribution in [0.4, 0.5) is 11.4 Å². The molecular weight excluding hydrogens is 647 g/mol. The first-order valence-electron chi connectivity index (χ1n) is 18.1. The molecule has 0 aliphatic carbocycles. The van der Waals surface area contributed by atoms with Crippen molar-refractivity contribution < 1.29 is 29.0 Å². The maximum Gasteiger partial charge on any atom is 0.261 e. The van der Waals surface area contributed by atoms with Crippen molar-refractivity contribution >= 4 is 42.4 Å². The van der Waals surface area contributed by atoms with Crippen LogP contribution in [-0.4, -0.2) is 68.2 Å². The van der Waals surface area contributed by atoms with E-state index in [1.807, 2.05) is 53.4 Å². The summed E-state index contributed by atoms with van der Waals surface area (Å²) < 4.78 is 12.6. The van der Waals surface area contributed by atoms with Gasteiger partial charge in [0.1, 0.15) is 5.75 Å². The lowest BCUT2D eigenvalue weighted by molar-refractivity contribution is -0.149. The summed E-state index contributed by atoms with van der Waals surface area (Å²) in [5.74, 6) is 0.284. The van der Waals surface area contributed by atoms with Gasteiger partial charge in [0, 0.05) is 42.4 Å². The highest BCUT2D eigenvalue weighted by Gasteiger charge is 2.65. The van der Waals surface area contributed by atoms with Crippen LogP contribution < -0.4 is 20.1 Å². The number of amides is 3. The Balaban J connectivity index is 1.28. The van der Waals surface area contributed by atoms with Crippen LogP contribution in [-0.2, 0) is 37.7 Å². The third-order valence-electron chi connectivity index (χ3n) is 12.0. The summed E-state index contributed by atoms with van der Waals surface area (Å²) in [6.07, 6.45) is 4.60. The van der Waals surface area contributed by atoms with E-state index in [0.717, 1.165) is 53.8 Å². The first-order valence-corrected chi connectivity index (χ1v) is 21.2. The van der Waals surface area contributed by atoms with Crippen LogP contribution in [0.1, 0.15) is 62.1 Å². The number of methoxy groups -OCH3 is 1. The zero-order valence-electron chi connectivity index (χ0n) is 29.6. The molecule has 3 aromatic rings. The minimum absolute atomic E-state index is 0.0871. The number of nitrogens with one attached hydrogen (secondary N) is 1. The molecule has 7 rings (SSSR count). The molecule has 1 spiro atoms. The molecule has 3 aromatic carbocycles. The van der Waals surface area contributed by atoms with E-state index in [2.05, 4.69) is 43.5 Å². The Hall–Kier alpha value is -3.99. The summed E-state index contributed by atoms with van der Waals surface area (Å²) in [6, 6.07) is 21.7. The Morgan fingerprint density at radius 3 is 2.50 bits per heavy atom. The molecule has 0 radical (unpaired) electrons. The summed E-state index contributed by atoms with van der Waals surface area (Å²) >= 11 is 0. The van der Waals surface area contributed by atoms with Crippen molar-refractivity contribution in [2.75, 3.05) is 30.5 Å². The molecule has 0 bridgehead atoms. The molecule has 5 atom stereocenters. The molecule has 2 fully saturated rings. The van der Waals surface area contributed by atoms with Gasteiger partial charge in [-0.1, -0.05) is 74.4 Å². The standard InChI is InChI=1S/C40H49N3O6Si/c1-26-38(50(3,4)32-17-15-31(48-2)16-18-32)35(23-37(46)43-24-28-12-9-8-11-27(28)21-30(43)25-44)49-40(26)33-22-29(14-19-34(33)41-39(40)47)42-20-10-6-5-7-13-36(42)45/h8-9,11-12,14-19,22,26,30,35,38,44H,5-7,10,13,20-21,23-25H2,1-4H3,(H,41,47)/t26-,30-,35+,38-,40+/m0/s1. The second kappa shape index (κ2) is 13.6. The van der Waals surface area contributed by atoms with Gasteiger partial charge in [-0.15, -0.1) is 0 Å². The summed E-state index contributed by atoms with van der Waals surface area (Å²) in [5, 5.41) is 14.7. The minimum Gasteiger partial charge on any atom is -0.497 e. The van der Waals surface area contributed by atoms with E-state index < -0.39 is 19.8 Å². The molecule has 0 aromatic heterocycles. The lowest BCUT2D eigenvalue weighted by atomic mass is 9.82. The average molecular weight is 696 g/mol. The Morgan fingerprint density at radius 1 is 1.02 bits per heavy atom. The molecule has 9 nitrogen and oxygen atoms in total. The molecule has 50 heavy (non-hydrogen) atoms. The van der Waals surface area contributed by atoms with Gasteiger partial charge in [-0.05, 0) is 66.3 Å². The van der Waals surface area contributed by atoms with E-state index in [0.29, 0.717) is 31.6 Å². The van der Waals surface area contributed by atoms with Crippen LogP contribution in [0.25, 0.3) is 0 Å². The summed E-state index contributed by atoms with van der Waals surface area (Å²) in [5.41, 5.74) is 3.00. The van der Waals surface area contributed by atoms with E-state index in [1.54, 1.807) is 12.0 Å². The molecule has 0 unspecified atom stereocenters. The molecule has 4 aliphatic rings. The Bertz CT molecular complexity index is 1780. The third kappa shape index (κ3) is 5.84. The quantitative estimate of drug-likeness (QED) is 0.317. The fourth-order valence-corrected chi connectivity index (χ4v) is 13.3. The fraction of sp³-hybridized carbons (Fsp3) is 0.475. The van der Waals surface area contributed by atoms with Gasteiger partial charge in [0.2, 0.25) is 11.8 Å². The van der Waals surface area contributed by atoms with Gasteiger partial charge < -0.3 is 29.7 Å². The third-order valence-corrected chi connectivity index (χ3v) is 16.3. The Labute approximate surface area is 296 Å². The molecule has 2 N–H and O–H groups in total. The Kier molecular flexibility index (Phi) is 9.38. The number of rotatable bonds is 7. The number of anilines is 2. The van der Waals surface area contributed by atoms with Gasteiger partial charge in [0.25, 0.3) is 5.91 Å². The number of carbonyl (C=O) groups excluding carboxylic acids is 3. The van der Waals surface area contributed by atoms with Crippen molar-refractivity contribution in [2.45, 2.75) is 94.8 Å². The number of nitrogens with zero attached hydrogens (tertiary/aromatic N) is 2. The number of aliphatic hydroxyl groups is 1. The van der Waals surface area contributed by atoms with Gasteiger partial charge in [-0.25, -0.2) is 0 Å². The first-order chi connectivity index (χ1) is 24.1. The van der Waals surface area contributed by atoms with Gasteiger partial charge in [0.05, 0.1) is 40.4 Å². The smallest absolute Gasteiger partial charge is 0.261 e. The second-order valence-electron chi connectivity index (χ2n) is 15.1. The second-order valence-corrected chi connectivity index (χ2v) is 19.8. The highest BCUT2D eigenvalue weighted by molar-refractivity contribution is 6.91. The molecule has 264 valence electrons. The van der Waals surface area contributed by atoms with Gasteiger partial charge >= 0.3 is 0 Å². The lowest BCUT2D eigenvalue weighted by Gasteiger charge is -2.39. The zero-order valence-corrected chi connectivity index (χ0v) is 30.6. The number of hydrogen-bond donors (Lipinski definition) is 2. The Morgan fingerprint density at radius 2 is 1.76 bits per heavy atom. The van der Waals surface area contributed by atoms with Crippen molar-refractivity contribution in [1.82, 2.24) is 4.90 Å². The van der Waals surface area contributed by atoms with E-state index in [-0.39, 0.29) is 48.3 Å². The number of benzene rings is 3. The number of aliphatic hydroxyl groups excluding tert-OH is 1. The van der Waals surface area contributed by atoms with E-state index in [1.165, 1.54) is 5.19 Å². The highest BCUT2D eigenvalue weighted by Crippen LogP contribution is 2.59. The van der Waals surface area contributed by atoms with Crippen molar-refractivity contribution in [3.8, 4) is 5.75 Å².